The lowest BCUT2D eigenvalue weighted by Gasteiger charge is -2.21. The third-order valence-corrected chi connectivity index (χ3v) is 18.7. The van der Waals surface area contributed by atoms with E-state index < -0.39 is 97.5 Å². The van der Waals surface area contributed by atoms with Crippen LogP contribution in [-0.2, 0) is 65.4 Å². The molecule has 540 valence electrons. The van der Waals surface area contributed by atoms with Crippen molar-refractivity contribution >= 4 is 39.5 Å². The van der Waals surface area contributed by atoms with Gasteiger partial charge in [0.1, 0.15) is 19.3 Å². The molecule has 0 aliphatic carbocycles. The third kappa shape index (κ3) is 66.5. The van der Waals surface area contributed by atoms with Crippen LogP contribution >= 0.6 is 15.6 Å². The second kappa shape index (κ2) is 65.4. The molecule has 0 aromatic carbocycles. The van der Waals surface area contributed by atoms with Crippen LogP contribution in [0.4, 0.5) is 0 Å². The van der Waals surface area contributed by atoms with Crippen LogP contribution in [0.25, 0.3) is 0 Å². The van der Waals surface area contributed by atoms with Gasteiger partial charge in [-0.15, -0.1) is 0 Å². The molecule has 0 aromatic heterocycles. The minimum atomic E-state index is -4.95. The van der Waals surface area contributed by atoms with E-state index in [0.29, 0.717) is 25.7 Å². The zero-order chi connectivity index (χ0) is 67.0. The van der Waals surface area contributed by atoms with Gasteiger partial charge in [0, 0.05) is 25.7 Å². The predicted octanol–water partition coefficient (Wildman–Crippen LogP) is 20.9. The Morgan fingerprint density at radius 3 is 0.747 bits per heavy atom. The highest BCUT2D eigenvalue weighted by Gasteiger charge is 2.30. The van der Waals surface area contributed by atoms with E-state index in [0.717, 1.165) is 102 Å². The molecule has 5 atom stereocenters. The van der Waals surface area contributed by atoms with Crippen LogP contribution < -0.4 is 0 Å². The molecule has 0 bridgehead atoms. The Labute approximate surface area is 556 Å². The molecule has 0 aliphatic heterocycles. The monoisotopic (exact) mass is 1340 g/mol. The minimum Gasteiger partial charge on any atom is -0.462 e. The van der Waals surface area contributed by atoms with Crippen LogP contribution in [0.3, 0.4) is 0 Å². The van der Waals surface area contributed by atoms with Gasteiger partial charge in [0.25, 0.3) is 0 Å². The van der Waals surface area contributed by atoms with Crippen molar-refractivity contribution in [2.45, 2.75) is 393 Å². The van der Waals surface area contributed by atoms with E-state index in [2.05, 4.69) is 34.6 Å². The summed E-state index contributed by atoms with van der Waals surface area (Å²) in [7, 11) is -9.90. The zero-order valence-electron chi connectivity index (χ0n) is 59.0. The first-order valence-electron chi connectivity index (χ1n) is 37.6. The summed E-state index contributed by atoms with van der Waals surface area (Å²) in [6.45, 7) is 7.26. The molecule has 0 radical (unpaired) electrons. The molecule has 0 spiro atoms. The van der Waals surface area contributed by atoms with Gasteiger partial charge in [0.15, 0.2) is 12.2 Å². The predicted molar refractivity (Wildman–Crippen MR) is 368 cm³/mol. The van der Waals surface area contributed by atoms with Crippen molar-refractivity contribution in [3.8, 4) is 0 Å². The van der Waals surface area contributed by atoms with Crippen molar-refractivity contribution in [1.29, 1.82) is 0 Å². The molecule has 0 fully saturated rings. The topological polar surface area (TPSA) is 237 Å². The number of unbranched alkanes of at least 4 members (excludes halogenated alkanes) is 44. The minimum absolute atomic E-state index is 0.107. The number of phosphoric acid groups is 2. The van der Waals surface area contributed by atoms with Gasteiger partial charge in [0.05, 0.1) is 26.4 Å². The maximum absolute atomic E-state index is 13.0. The molecule has 91 heavy (non-hydrogen) atoms. The Hall–Kier alpha value is -1.94. The Balaban J connectivity index is 5.21. The molecule has 0 amide bonds. The maximum atomic E-state index is 13.0. The molecule has 0 rings (SSSR count). The average molecular weight is 1340 g/mol. The largest absolute Gasteiger partial charge is 0.472 e. The number of ether oxygens (including phenoxy) is 4. The zero-order valence-corrected chi connectivity index (χ0v) is 60.8. The first-order chi connectivity index (χ1) is 44.0. The number of esters is 4. The second-order valence-corrected chi connectivity index (χ2v) is 29.4. The standard InChI is InChI=1S/C72H140O17P2/c1-6-9-12-15-18-21-23-24-25-29-33-36-41-46-51-56-70(75)83-62-68(89-72(77)58-53-48-43-38-34-30-27-26-28-32-35-39-44-49-54-65(4)5)64-87-91(80,81)85-60-66(73)59-84-90(78,79)86-63-67(61-82-69(74)55-50-45-40-20-17-14-11-8-3)88-71(76)57-52-47-42-37-31-22-19-16-13-10-7-2/h65-68,73H,6-64H2,1-5H3,(H,78,79)(H,80,81)/t66-,67+,68+/m0/s1. The van der Waals surface area contributed by atoms with Gasteiger partial charge in [-0.1, -0.05) is 324 Å². The number of aliphatic hydroxyl groups excluding tert-OH is 1. The summed E-state index contributed by atoms with van der Waals surface area (Å²) in [5.74, 6) is -1.33. The van der Waals surface area contributed by atoms with Crippen molar-refractivity contribution in [2.75, 3.05) is 39.6 Å². The van der Waals surface area contributed by atoms with E-state index >= 15 is 0 Å². The molecule has 0 heterocycles. The highest BCUT2D eigenvalue weighted by Crippen LogP contribution is 2.45. The molecule has 2 unspecified atom stereocenters. The normalized spacial score (nSPS) is 14.0. The third-order valence-electron chi connectivity index (χ3n) is 16.8. The van der Waals surface area contributed by atoms with Crippen molar-refractivity contribution in [3.63, 3.8) is 0 Å². The fourth-order valence-electron chi connectivity index (χ4n) is 11.0. The smallest absolute Gasteiger partial charge is 0.462 e. The summed E-state index contributed by atoms with van der Waals surface area (Å²) in [5.41, 5.74) is 0. The molecule has 0 saturated carbocycles. The van der Waals surface area contributed by atoms with Gasteiger partial charge < -0.3 is 33.8 Å². The Morgan fingerprint density at radius 1 is 0.297 bits per heavy atom. The van der Waals surface area contributed by atoms with E-state index in [-0.39, 0.29) is 25.7 Å². The van der Waals surface area contributed by atoms with Crippen molar-refractivity contribution in [1.82, 2.24) is 0 Å². The Kier molecular flexibility index (Phi) is 64.0. The first kappa shape index (κ1) is 89.1. The van der Waals surface area contributed by atoms with Crippen LogP contribution in [0.15, 0.2) is 0 Å². The Morgan fingerprint density at radius 2 is 0.505 bits per heavy atom. The number of phosphoric ester groups is 2. The van der Waals surface area contributed by atoms with Crippen molar-refractivity contribution in [2.24, 2.45) is 5.92 Å². The molecular formula is C72H140O17P2. The van der Waals surface area contributed by atoms with Crippen molar-refractivity contribution < 1.29 is 80.2 Å². The van der Waals surface area contributed by atoms with E-state index in [4.69, 9.17) is 37.0 Å². The first-order valence-corrected chi connectivity index (χ1v) is 40.6. The summed E-state index contributed by atoms with van der Waals surface area (Å²) in [6, 6.07) is 0. The summed E-state index contributed by atoms with van der Waals surface area (Å²) in [5, 5.41) is 10.6. The molecule has 19 heteroatoms. The summed E-state index contributed by atoms with van der Waals surface area (Å²) >= 11 is 0. The molecule has 0 aromatic rings. The van der Waals surface area contributed by atoms with E-state index in [1.54, 1.807) is 0 Å². The van der Waals surface area contributed by atoms with Crippen LogP contribution in [0.1, 0.15) is 375 Å². The summed E-state index contributed by atoms with van der Waals surface area (Å²) in [6.07, 6.45) is 52.7. The lowest BCUT2D eigenvalue weighted by atomic mass is 10.0. The average Bonchev–Trinajstić information content (AvgIpc) is 3.71. The molecule has 3 N–H and O–H groups in total. The second-order valence-electron chi connectivity index (χ2n) is 26.5. The number of hydrogen-bond acceptors (Lipinski definition) is 15. The van der Waals surface area contributed by atoms with Gasteiger partial charge in [-0.3, -0.25) is 37.3 Å². The lowest BCUT2D eigenvalue weighted by molar-refractivity contribution is -0.161. The van der Waals surface area contributed by atoms with Gasteiger partial charge in [-0.05, 0) is 31.6 Å². The van der Waals surface area contributed by atoms with Gasteiger partial charge >= 0.3 is 39.5 Å². The summed E-state index contributed by atoms with van der Waals surface area (Å²) in [4.78, 5) is 72.5. The van der Waals surface area contributed by atoms with Crippen molar-refractivity contribution in [3.05, 3.63) is 0 Å². The van der Waals surface area contributed by atoms with E-state index in [1.165, 1.54) is 193 Å². The molecule has 17 nitrogen and oxygen atoms in total. The van der Waals surface area contributed by atoms with E-state index in [9.17, 15) is 43.2 Å². The van der Waals surface area contributed by atoms with E-state index in [1.807, 2.05) is 0 Å². The fraction of sp³-hybridized carbons (Fsp3) is 0.944. The Bertz CT molecular complexity index is 1750. The van der Waals surface area contributed by atoms with Gasteiger partial charge in [0.2, 0.25) is 0 Å². The van der Waals surface area contributed by atoms with Crippen LogP contribution in [0, 0.1) is 5.92 Å². The van der Waals surface area contributed by atoms with Crippen LogP contribution in [-0.4, -0.2) is 96.7 Å². The summed E-state index contributed by atoms with van der Waals surface area (Å²) < 4.78 is 68.3. The number of hydrogen-bond donors (Lipinski definition) is 3. The maximum Gasteiger partial charge on any atom is 0.472 e. The number of rotatable bonds is 72. The number of carbonyl (C=O) groups excluding carboxylic acids is 4. The highest BCUT2D eigenvalue weighted by molar-refractivity contribution is 7.47. The number of aliphatic hydroxyl groups is 1. The SMILES string of the molecule is CCCCCCCCCCCCCCCCCC(=O)OC[C@H](COP(=O)(O)OC[C@@H](O)COP(=O)(O)OC[C@@H](COC(=O)CCCCCCCCCC)OC(=O)CCCCCCCCCCCCC)OC(=O)CCCCCCCCCCCCCCCCC(C)C. The fourth-order valence-corrected chi connectivity index (χ4v) is 12.6. The molecule has 0 saturated heterocycles. The lowest BCUT2D eigenvalue weighted by Crippen LogP contribution is -2.30. The quantitative estimate of drug-likeness (QED) is 0.0222. The van der Waals surface area contributed by atoms with Gasteiger partial charge in [-0.2, -0.15) is 0 Å². The van der Waals surface area contributed by atoms with Gasteiger partial charge in [-0.25, -0.2) is 9.13 Å². The number of carbonyl (C=O) groups is 4. The van der Waals surface area contributed by atoms with Crippen LogP contribution in [0.2, 0.25) is 0 Å². The highest BCUT2D eigenvalue weighted by atomic mass is 31.2. The van der Waals surface area contributed by atoms with Crippen LogP contribution in [0.5, 0.6) is 0 Å². The molecule has 0 aliphatic rings. The molecular weight excluding hydrogens is 1200 g/mol.